The molecule has 1 atom stereocenters. The number of carbonyl (C=O) groups is 1. The standard InChI is InChI=1S/C11H14BrN3O/c1-7(8-5-13-6-8)11(16)15-9-3-2-4-14-10(9)12/h2-4,7-8,13H,5-6H2,1H3,(H,15,16). The highest BCUT2D eigenvalue weighted by atomic mass is 79.9. The predicted molar refractivity (Wildman–Crippen MR) is 66.1 cm³/mol. The van der Waals surface area contributed by atoms with Crippen LogP contribution in [0.25, 0.3) is 0 Å². The number of carbonyl (C=O) groups excluding carboxylic acids is 1. The lowest BCUT2D eigenvalue weighted by Gasteiger charge is -2.31. The lowest BCUT2D eigenvalue weighted by atomic mass is 9.88. The van der Waals surface area contributed by atoms with Crippen LogP contribution in [-0.4, -0.2) is 24.0 Å². The summed E-state index contributed by atoms with van der Waals surface area (Å²) in [5.41, 5.74) is 0.728. The molecule has 1 fully saturated rings. The van der Waals surface area contributed by atoms with Gasteiger partial charge in [-0.05, 0) is 47.1 Å². The van der Waals surface area contributed by atoms with Gasteiger partial charge in [0.15, 0.2) is 0 Å². The van der Waals surface area contributed by atoms with Gasteiger partial charge in [-0.2, -0.15) is 0 Å². The minimum atomic E-state index is 0.0355. The second-order valence-electron chi connectivity index (χ2n) is 4.04. The van der Waals surface area contributed by atoms with Crippen LogP contribution in [0.4, 0.5) is 5.69 Å². The number of rotatable bonds is 3. The summed E-state index contributed by atoms with van der Waals surface area (Å²) in [6, 6.07) is 3.64. The normalized spacial score (nSPS) is 17.6. The van der Waals surface area contributed by atoms with Gasteiger partial charge in [-0.15, -0.1) is 0 Å². The minimum absolute atomic E-state index is 0.0355. The van der Waals surface area contributed by atoms with Crippen molar-refractivity contribution in [2.24, 2.45) is 11.8 Å². The van der Waals surface area contributed by atoms with E-state index in [1.54, 1.807) is 12.3 Å². The fraction of sp³-hybridized carbons (Fsp3) is 0.455. The van der Waals surface area contributed by atoms with E-state index in [9.17, 15) is 4.79 Å². The SMILES string of the molecule is CC(C(=O)Nc1cccnc1Br)C1CNC1. The Bertz CT molecular complexity index is 393. The van der Waals surface area contributed by atoms with Crippen LogP contribution >= 0.6 is 15.9 Å². The Morgan fingerprint density at radius 1 is 1.69 bits per heavy atom. The van der Waals surface area contributed by atoms with Crippen molar-refractivity contribution in [2.75, 3.05) is 18.4 Å². The zero-order valence-corrected chi connectivity index (χ0v) is 10.6. The third kappa shape index (κ3) is 2.41. The van der Waals surface area contributed by atoms with Gasteiger partial charge in [0, 0.05) is 12.1 Å². The highest BCUT2D eigenvalue weighted by Gasteiger charge is 2.28. The van der Waals surface area contributed by atoms with E-state index in [1.807, 2.05) is 13.0 Å². The minimum Gasteiger partial charge on any atom is -0.324 e. The number of aromatic nitrogens is 1. The van der Waals surface area contributed by atoms with Crippen molar-refractivity contribution in [3.63, 3.8) is 0 Å². The molecule has 0 spiro atoms. The Balaban J connectivity index is 1.99. The third-order valence-electron chi connectivity index (χ3n) is 2.95. The smallest absolute Gasteiger partial charge is 0.227 e. The van der Waals surface area contributed by atoms with Crippen LogP contribution in [0, 0.1) is 11.8 Å². The van der Waals surface area contributed by atoms with Crippen LogP contribution in [0.2, 0.25) is 0 Å². The molecule has 2 N–H and O–H groups in total. The Morgan fingerprint density at radius 2 is 2.44 bits per heavy atom. The molecule has 1 unspecified atom stereocenters. The van der Waals surface area contributed by atoms with Crippen molar-refractivity contribution in [3.8, 4) is 0 Å². The van der Waals surface area contributed by atoms with E-state index in [1.165, 1.54) is 0 Å². The fourth-order valence-corrected chi connectivity index (χ4v) is 1.95. The van der Waals surface area contributed by atoms with E-state index in [2.05, 4.69) is 31.5 Å². The van der Waals surface area contributed by atoms with Crippen molar-refractivity contribution >= 4 is 27.5 Å². The van der Waals surface area contributed by atoms with Gasteiger partial charge in [0.05, 0.1) is 5.69 Å². The van der Waals surface area contributed by atoms with Gasteiger partial charge in [-0.25, -0.2) is 4.98 Å². The van der Waals surface area contributed by atoms with Crippen molar-refractivity contribution in [3.05, 3.63) is 22.9 Å². The fourth-order valence-electron chi connectivity index (χ4n) is 1.60. The topological polar surface area (TPSA) is 54.0 Å². The summed E-state index contributed by atoms with van der Waals surface area (Å²) in [5.74, 6) is 0.545. The molecule has 1 amide bonds. The van der Waals surface area contributed by atoms with Gasteiger partial charge in [0.1, 0.15) is 4.60 Å². The van der Waals surface area contributed by atoms with Gasteiger partial charge in [0.25, 0.3) is 0 Å². The van der Waals surface area contributed by atoms with Crippen molar-refractivity contribution in [1.29, 1.82) is 0 Å². The van der Waals surface area contributed by atoms with Crippen molar-refractivity contribution < 1.29 is 4.79 Å². The highest BCUT2D eigenvalue weighted by molar-refractivity contribution is 9.10. The molecule has 0 aromatic carbocycles. The molecular formula is C11H14BrN3O. The van der Waals surface area contributed by atoms with Gasteiger partial charge < -0.3 is 10.6 Å². The number of nitrogens with one attached hydrogen (secondary N) is 2. The van der Waals surface area contributed by atoms with Gasteiger partial charge >= 0.3 is 0 Å². The summed E-state index contributed by atoms with van der Waals surface area (Å²) >= 11 is 3.30. The first-order valence-corrected chi connectivity index (χ1v) is 6.10. The van der Waals surface area contributed by atoms with Crippen LogP contribution < -0.4 is 10.6 Å². The quantitative estimate of drug-likeness (QED) is 0.830. The summed E-state index contributed by atoms with van der Waals surface area (Å²) in [5, 5.41) is 6.05. The molecule has 0 aliphatic carbocycles. The molecule has 0 radical (unpaired) electrons. The van der Waals surface area contributed by atoms with Crippen LogP contribution in [0.5, 0.6) is 0 Å². The molecule has 1 aliphatic rings. The zero-order valence-electron chi connectivity index (χ0n) is 9.03. The molecule has 4 nitrogen and oxygen atoms in total. The summed E-state index contributed by atoms with van der Waals surface area (Å²) in [7, 11) is 0. The largest absolute Gasteiger partial charge is 0.324 e. The van der Waals surface area contributed by atoms with Crippen LogP contribution in [0.15, 0.2) is 22.9 Å². The summed E-state index contributed by atoms with van der Waals surface area (Å²) in [6.45, 7) is 3.83. The zero-order chi connectivity index (χ0) is 11.5. The molecule has 2 rings (SSSR count). The Labute approximate surface area is 103 Å². The molecular weight excluding hydrogens is 270 g/mol. The van der Waals surface area contributed by atoms with E-state index in [0.717, 1.165) is 18.8 Å². The van der Waals surface area contributed by atoms with Gasteiger partial charge in [-0.3, -0.25) is 4.79 Å². The monoisotopic (exact) mass is 283 g/mol. The van der Waals surface area contributed by atoms with Crippen molar-refractivity contribution in [1.82, 2.24) is 10.3 Å². The number of hydrogen-bond donors (Lipinski definition) is 2. The third-order valence-corrected chi connectivity index (χ3v) is 3.58. The number of halogens is 1. The van der Waals surface area contributed by atoms with E-state index in [0.29, 0.717) is 10.5 Å². The maximum Gasteiger partial charge on any atom is 0.227 e. The van der Waals surface area contributed by atoms with Gasteiger partial charge in [0.2, 0.25) is 5.91 Å². The molecule has 2 heterocycles. The second-order valence-corrected chi connectivity index (χ2v) is 4.79. The van der Waals surface area contributed by atoms with E-state index >= 15 is 0 Å². The Morgan fingerprint density at radius 3 is 3.00 bits per heavy atom. The Kier molecular flexibility index (Phi) is 3.56. The summed E-state index contributed by atoms with van der Waals surface area (Å²) in [4.78, 5) is 16.0. The molecule has 0 saturated carbocycles. The van der Waals surface area contributed by atoms with E-state index < -0.39 is 0 Å². The van der Waals surface area contributed by atoms with Crippen LogP contribution in [0.1, 0.15) is 6.92 Å². The first-order valence-electron chi connectivity index (χ1n) is 5.30. The number of hydrogen-bond acceptors (Lipinski definition) is 3. The maximum absolute atomic E-state index is 11.9. The average Bonchev–Trinajstić information content (AvgIpc) is 2.18. The van der Waals surface area contributed by atoms with E-state index in [-0.39, 0.29) is 11.8 Å². The predicted octanol–water partition coefficient (Wildman–Crippen LogP) is 1.64. The number of nitrogens with zero attached hydrogens (tertiary/aromatic N) is 1. The van der Waals surface area contributed by atoms with Crippen molar-refractivity contribution in [2.45, 2.75) is 6.92 Å². The lowest BCUT2D eigenvalue weighted by molar-refractivity contribution is -0.121. The molecule has 86 valence electrons. The second kappa shape index (κ2) is 4.93. The number of amides is 1. The highest BCUT2D eigenvalue weighted by Crippen LogP contribution is 2.22. The Hall–Kier alpha value is -0.940. The maximum atomic E-state index is 11.9. The summed E-state index contributed by atoms with van der Waals surface area (Å²) < 4.78 is 0.669. The molecule has 5 heteroatoms. The molecule has 1 saturated heterocycles. The molecule has 16 heavy (non-hydrogen) atoms. The first kappa shape index (κ1) is 11.5. The van der Waals surface area contributed by atoms with Gasteiger partial charge in [-0.1, -0.05) is 6.92 Å². The number of pyridine rings is 1. The molecule has 1 aromatic rings. The molecule has 1 aliphatic heterocycles. The number of anilines is 1. The molecule has 0 bridgehead atoms. The van der Waals surface area contributed by atoms with E-state index in [4.69, 9.17) is 0 Å². The lowest BCUT2D eigenvalue weighted by Crippen LogP contribution is -2.48. The van der Waals surface area contributed by atoms with Crippen LogP contribution in [0.3, 0.4) is 0 Å². The van der Waals surface area contributed by atoms with Crippen LogP contribution in [-0.2, 0) is 4.79 Å². The molecule has 1 aromatic heterocycles. The average molecular weight is 284 g/mol. The summed E-state index contributed by atoms with van der Waals surface area (Å²) in [6.07, 6.45) is 1.68. The first-order chi connectivity index (χ1) is 7.68.